The van der Waals surface area contributed by atoms with Crippen molar-refractivity contribution in [1.82, 2.24) is 0 Å². The maximum Gasteiger partial charge on any atom is 0.302 e. The first-order valence-electron chi connectivity index (χ1n) is 7.94. The molecular formula is C19H20O4. The molecule has 0 bridgehead atoms. The van der Waals surface area contributed by atoms with Gasteiger partial charge in [0.15, 0.2) is 5.78 Å². The molecule has 1 aliphatic heterocycles. The third-order valence-corrected chi connectivity index (χ3v) is 4.15. The van der Waals surface area contributed by atoms with Crippen LogP contribution in [0.3, 0.4) is 0 Å². The van der Waals surface area contributed by atoms with E-state index in [1.165, 1.54) is 6.92 Å². The van der Waals surface area contributed by atoms with Gasteiger partial charge in [-0.05, 0) is 29.7 Å². The second-order valence-corrected chi connectivity index (χ2v) is 5.89. The molecule has 2 aromatic rings. The van der Waals surface area contributed by atoms with E-state index in [4.69, 9.17) is 9.47 Å². The molecule has 4 heteroatoms. The first-order chi connectivity index (χ1) is 11.1. The van der Waals surface area contributed by atoms with Crippen molar-refractivity contribution in [1.29, 1.82) is 0 Å². The molecule has 2 aromatic carbocycles. The fraction of sp³-hybridized carbons (Fsp3) is 0.368. The Labute approximate surface area is 135 Å². The summed E-state index contributed by atoms with van der Waals surface area (Å²) in [7, 11) is 0. The summed E-state index contributed by atoms with van der Waals surface area (Å²) in [5, 5.41) is 2.15. The van der Waals surface area contributed by atoms with Crippen LogP contribution in [-0.2, 0) is 14.3 Å². The van der Waals surface area contributed by atoms with E-state index in [2.05, 4.69) is 0 Å². The third kappa shape index (κ3) is 3.77. The number of carbonyl (C=O) groups excluding carboxylic acids is 2. The number of benzene rings is 2. The molecule has 0 spiro atoms. The van der Waals surface area contributed by atoms with Crippen molar-refractivity contribution in [3.63, 3.8) is 0 Å². The van der Waals surface area contributed by atoms with E-state index in [0.717, 1.165) is 23.6 Å². The lowest BCUT2D eigenvalue weighted by atomic mass is 9.96. The Morgan fingerprint density at radius 1 is 1.17 bits per heavy atom. The van der Waals surface area contributed by atoms with Gasteiger partial charge in [-0.25, -0.2) is 0 Å². The van der Waals surface area contributed by atoms with Crippen LogP contribution in [0.15, 0.2) is 42.5 Å². The highest BCUT2D eigenvalue weighted by molar-refractivity contribution is 6.00. The van der Waals surface area contributed by atoms with E-state index < -0.39 is 0 Å². The molecule has 23 heavy (non-hydrogen) atoms. The normalized spacial score (nSPS) is 21.1. The first kappa shape index (κ1) is 15.7. The van der Waals surface area contributed by atoms with Gasteiger partial charge in [0.2, 0.25) is 0 Å². The molecule has 2 atom stereocenters. The van der Waals surface area contributed by atoms with E-state index in [1.807, 2.05) is 42.5 Å². The fourth-order valence-corrected chi connectivity index (χ4v) is 3.01. The third-order valence-electron chi connectivity index (χ3n) is 4.15. The number of rotatable bonds is 4. The number of ketones is 1. The summed E-state index contributed by atoms with van der Waals surface area (Å²) in [6.45, 7) is 1.99. The fourth-order valence-electron chi connectivity index (χ4n) is 3.01. The first-order valence-corrected chi connectivity index (χ1v) is 7.94. The van der Waals surface area contributed by atoms with Gasteiger partial charge in [0.25, 0.3) is 0 Å². The number of hydrogen-bond acceptors (Lipinski definition) is 4. The zero-order valence-electron chi connectivity index (χ0n) is 13.2. The van der Waals surface area contributed by atoms with Crippen molar-refractivity contribution in [2.24, 2.45) is 0 Å². The molecule has 3 rings (SSSR count). The average molecular weight is 312 g/mol. The predicted octanol–water partition coefficient (Wildman–Crippen LogP) is 3.52. The molecule has 4 nitrogen and oxygen atoms in total. The van der Waals surface area contributed by atoms with Crippen LogP contribution in [0.1, 0.15) is 36.5 Å². The zero-order valence-corrected chi connectivity index (χ0v) is 13.2. The van der Waals surface area contributed by atoms with Crippen LogP contribution in [0, 0.1) is 0 Å². The lowest BCUT2D eigenvalue weighted by molar-refractivity contribution is -0.160. The lowest BCUT2D eigenvalue weighted by Gasteiger charge is -2.30. The van der Waals surface area contributed by atoms with Gasteiger partial charge in [-0.1, -0.05) is 36.4 Å². The number of Topliss-reactive ketones (excluding diaryl/α,β-unsaturated/α-hetero) is 1. The molecule has 0 unspecified atom stereocenters. The van der Waals surface area contributed by atoms with Gasteiger partial charge in [-0.2, -0.15) is 0 Å². The van der Waals surface area contributed by atoms with Crippen LogP contribution in [0.25, 0.3) is 10.8 Å². The van der Waals surface area contributed by atoms with Crippen molar-refractivity contribution in [2.45, 2.75) is 38.4 Å². The summed E-state index contributed by atoms with van der Waals surface area (Å²) in [5.41, 5.74) is 0.666. The zero-order chi connectivity index (χ0) is 16.2. The largest absolute Gasteiger partial charge is 0.460 e. The molecule has 1 fully saturated rings. The maximum atomic E-state index is 12.6. The van der Waals surface area contributed by atoms with Gasteiger partial charge in [0.1, 0.15) is 12.2 Å². The second-order valence-electron chi connectivity index (χ2n) is 5.89. The van der Waals surface area contributed by atoms with Crippen LogP contribution < -0.4 is 0 Å². The molecule has 0 aliphatic carbocycles. The quantitative estimate of drug-likeness (QED) is 0.640. The molecular weight excluding hydrogens is 292 g/mol. The average Bonchev–Trinajstić information content (AvgIpc) is 2.55. The van der Waals surface area contributed by atoms with Crippen molar-refractivity contribution in [2.75, 3.05) is 6.61 Å². The van der Waals surface area contributed by atoms with Crippen molar-refractivity contribution in [3.05, 3.63) is 48.0 Å². The van der Waals surface area contributed by atoms with Crippen LogP contribution in [0.5, 0.6) is 0 Å². The van der Waals surface area contributed by atoms with E-state index in [9.17, 15) is 9.59 Å². The molecule has 1 saturated heterocycles. The lowest BCUT2D eigenvalue weighted by Crippen LogP contribution is -2.38. The minimum Gasteiger partial charge on any atom is -0.460 e. The molecule has 0 aromatic heterocycles. The van der Waals surface area contributed by atoms with Crippen LogP contribution >= 0.6 is 0 Å². The smallest absolute Gasteiger partial charge is 0.302 e. The summed E-state index contributed by atoms with van der Waals surface area (Å²) in [4.78, 5) is 23.8. The summed E-state index contributed by atoms with van der Waals surface area (Å²) in [6, 6.07) is 13.6. The van der Waals surface area contributed by atoms with Gasteiger partial charge in [0.05, 0.1) is 0 Å². The number of esters is 1. The Balaban J connectivity index is 1.74. The minimum atomic E-state index is -0.355. The second kappa shape index (κ2) is 6.92. The molecule has 1 aliphatic rings. The molecule has 120 valence electrons. The van der Waals surface area contributed by atoms with E-state index in [0.29, 0.717) is 12.2 Å². The topological polar surface area (TPSA) is 52.6 Å². The molecule has 0 amide bonds. The summed E-state index contributed by atoms with van der Waals surface area (Å²) < 4.78 is 11.0. The maximum absolute atomic E-state index is 12.6. The van der Waals surface area contributed by atoms with Crippen LogP contribution in [0.4, 0.5) is 0 Å². The minimum absolute atomic E-state index is 0.0137. The standard InChI is InChI=1S/C19H20O4/c1-13(20)23-18-7-4-10-22-19(18)12-17(21)16-9-8-14-5-2-3-6-15(14)11-16/h2-3,5-6,8-9,11,18-19H,4,7,10,12H2,1H3/t18-,19+/m0/s1. The van der Waals surface area contributed by atoms with E-state index in [1.54, 1.807) is 0 Å². The monoisotopic (exact) mass is 312 g/mol. The Morgan fingerprint density at radius 3 is 2.74 bits per heavy atom. The summed E-state index contributed by atoms with van der Waals surface area (Å²) >= 11 is 0. The number of carbonyl (C=O) groups is 2. The highest BCUT2D eigenvalue weighted by Crippen LogP contribution is 2.23. The Hall–Kier alpha value is -2.20. The van der Waals surface area contributed by atoms with E-state index >= 15 is 0 Å². The van der Waals surface area contributed by atoms with Gasteiger partial charge >= 0.3 is 5.97 Å². The van der Waals surface area contributed by atoms with Gasteiger partial charge < -0.3 is 9.47 Å². The summed E-state index contributed by atoms with van der Waals surface area (Å²) in [5.74, 6) is -0.316. The molecule has 0 saturated carbocycles. The van der Waals surface area contributed by atoms with Crippen LogP contribution in [-0.4, -0.2) is 30.6 Å². The van der Waals surface area contributed by atoms with Gasteiger partial charge in [0, 0.05) is 25.5 Å². The van der Waals surface area contributed by atoms with Gasteiger partial charge in [-0.15, -0.1) is 0 Å². The Kier molecular flexibility index (Phi) is 4.72. The van der Waals surface area contributed by atoms with Gasteiger partial charge in [-0.3, -0.25) is 9.59 Å². The molecule has 0 N–H and O–H groups in total. The van der Waals surface area contributed by atoms with Crippen molar-refractivity contribution >= 4 is 22.5 Å². The number of hydrogen-bond donors (Lipinski definition) is 0. The highest BCUT2D eigenvalue weighted by Gasteiger charge is 2.30. The SMILES string of the molecule is CC(=O)O[C@H]1CCCO[C@@H]1CC(=O)c1ccc2ccccc2c1. The number of fused-ring (bicyclic) bond motifs is 1. The number of ether oxygens (including phenoxy) is 2. The molecule has 1 heterocycles. The highest BCUT2D eigenvalue weighted by atomic mass is 16.6. The summed E-state index contributed by atoms with van der Waals surface area (Å²) in [6.07, 6.45) is 1.14. The van der Waals surface area contributed by atoms with E-state index in [-0.39, 0.29) is 30.4 Å². The Morgan fingerprint density at radius 2 is 1.96 bits per heavy atom. The van der Waals surface area contributed by atoms with Crippen molar-refractivity contribution < 1.29 is 19.1 Å². The van der Waals surface area contributed by atoms with Crippen molar-refractivity contribution in [3.8, 4) is 0 Å². The predicted molar refractivity (Wildman–Crippen MR) is 87.4 cm³/mol. The Bertz CT molecular complexity index is 722. The van der Waals surface area contributed by atoms with Crippen LogP contribution in [0.2, 0.25) is 0 Å². The molecule has 0 radical (unpaired) electrons.